The SMILES string of the molecule is CC(Cc1cc(F)cc2cc(C=O)oc12)NC(=O)OC(C)(C)C.CC(N)Cc1cc(F)cc2cc(C=O)oc12.Cl. The Morgan fingerprint density at radius 1 is 0.900 bits per heavy atom. The molecule has 0 aliphatic rings. The number of rotatable bonds is 7. The van der Waals surface area contributed by atoms with E-state index in [1.54, 1.807) is 27.7 Å². The van der Waals surface area contributed by atoms with Gasteiger partial charge in [0.15, 0.2) is 24.1 Å². The van der Waals surface area contributed by atoms with Crippen LogP contribution in [-0.2, 0) is 17.6 Å². The highest BCUT2D eigenvalue weighted by atomic mass is 35.5. The van der Waals surface area contributed by atoms with Crippen molar-refractivity contribution in [1.29, 1.82) is 0 Å². The van der Waals surface area contributed by atoms with Crippen molar-refractivity contribution in [2.45, 2.75) is 65.1 Å². The largest absolute Gasteiger partial charge is 0.453 e. The number of alkyl carbamates (subject to hydrolysis) is 1. The quantitative estimate of drug-likeness (QED) is 0.239. The van der Waals surface area contributed by atoms with Crippen LogP contribution in [0.1, 0.15) is 66.9 Å². The van der Waals surface area contributed by atoms with E-state index in [0.29, 0.717) is 58.5 Å². The van der Waals surface area contributed by atoms with Crippen LogP contribution in [0.2, 0.25) is 0 Å². The average molecular weight is 579 g/mol. The highest BCUT2D eigenvalue weighted by Gasteiger charge is 2.19. The Balaban J connectivity index is 0.000000290. The first-order chi connectivity index (χ1) is 18.3. The summed E-state index contributed by atoms with van der Waals surface area (Å²) in [6.07, 6.45) is 1.50. The van der Waals surface area contributed by atoms with Crippen molar-refractivity contribution < 1.29 is 36.7 Å². The second-order valence-electron chi connectivity index (χ2n) is 10.4. The smallest absolute Gasteiger partial charge is 0.407 e. The number of carbonyl (C=O) groups excluding carboxylic acids is 3. The van der Waals surface area contributed by atoms with Crippen LogP contribution in [-0.4, -0.2) is 36.4 Å². The zero-order chi connectivity index (χ0) is 28.9. The summed E-state index contributed by atoms with van der Waals surface area (Å²) in [5.74, 6) is -0.428. The summed E-state index contributed by atoms with van der Waals surface area (Å²) >= 11 is 0. The molecular formula is C29H33ClF2N2O6. The van der Waals surface area contributed by atoms with Gasteiger partial charge in [-0.1, -0.05) is 0 Å². The van der Waals surface area contributed by atoms with Gasteiger partial charge in [0.25, 0.3) is 0 Å². The molecule has 40 heavy (non-hydrogen) atoms. The first-order valence-electron chi connectivity index (χ1n) is 12.4. The van der Waals surface area contributed by atoms with E-state index < -0.39 is 17.5 Å². The van der Waals surface area contributed by atoms with Gasteiger partial charge in [0, 0.05) is 28.4 Å². The Hall–Kier alpha value is -3.76. The summed E-state index contributed by atoms with van der Waals surface area (Å²) in [6, 6.07) is 8.01. The van der Waals surface area contributed by atoms with Gasteiger partial charge in [0.2, 0.25) is 0 Å². The number of furan rings is 2. The van der Waals surface area contributed by atoms with Crippen LogP contribution in [0.25, 0.3) is 21.9 Å². The first kappa shape index (κ1) is 32.5. The average Bonchev–Trinajstić information content (AvgIpc) is 3.41. The standard InChI is InChI=1S/C17H20FNO4.C12H12FNO2.ClH/c1-10(19-16(21)23-17(2,3)4)5-11-6-13(18)7-12-8-14(9-20)22-15(11)12;1-7(14)2-8-3-10(13)4-9-5-11(6-15)16-12(8)9;/h6-10H,5H2,1-4H3,(H,19,21);3-7H,2,14H2,1H3;1H. The van der Waals surface area contributed by atoms with Gasteiger partial charge >= 0.3 is 6.09 Å². The van der Waals surface area contributed by atoms with Crippen molar-refractivity contribution in [2.75, 3.05) is 0 Å². The van der Waals surface area contributed by atoms with Crippen molar-refractivity contribution in [3.63, 3.8) is 0 Å². The second kappa shape index (κ2) is 13.5. The van der Waals surface area contributed by atoms with Crippen LogP contribution in [0.15, 0.2) is 45.2 Å². The number of amides is 1. The van der Waals surface area contributed by atoms with Crippen LogP contribution in [0.3, 0.4) is 0 Å². The molecular weight excluding hydrogens is 546 g/mol. The number of hydrogen-bond acceptors (Lipinski definition) is 7. The van der Waals surface area contributed by atoms with Gasteiger partial charge < -0.3 is 24.6 Å². The maximum atomic E-state index is 13.7. The van der Waals surface area contributed by atoms with Gasteiger partial charge in [-0.2, -0.15) is 0 Å². The molecule has 0 bridgehead atoms. The maximum Gasteiger partial charge on any atom is 0.407 e. The molecule has 1 amide bonds. The number of carbonyl (C=O) groups is 3. The van der Waals surface area contributed by atoms with E-state index in [1.165, 1.54) is 36.4 Å². The zero-order valence-electron chi connectivity index (χ0n) is 22.9. The Labute approximate surface area is 236 Å². The summed E-state index contributed by atoms with van der Waals surface area (Å²) in [7, 11) is 0. The topological polar surface area (TPSA) is 125 Å². The van der Waals surface area contributed by atoms with Gasteiger partial charge in [-0.05, 0) is 89.4 Å². The molecule has 2 aromatic heterocycles. The fraction of sp³-hybridized carbons (Fsp3) is 0.345. The van der Waals surface area contributed by atoms with Gasteiger partial charge in [0.1, 0.15) is 28.4 Å². The van der Waals surface area contributed by atoms with Gasteiger partial charge in [0.05, 0.1) is 0 Å². The zero-order valence-corrected chi connectivity index (χ0v) is 23.7. The van der Waals surface area contributed by atoms with E-state index in [9.17, 15) is 23.2 Å². The molecule has 0 fully saturated rings. The minimum atomic E-state index is -0.588. The lowest BCUT2D eigenvalue weighted by Gasteiger charge is -2.22. The lowest BCUT2D eigenvalue weighted by atomic mass is 10.0. The number of nitrogens with two attached hydrogens (primary N) is 1. The number of benzene rings is 2. The predicted octanol–water partition coefficient (Wildman–Crippen LogP) is 6.54. The summed E-state index contributed by atoms with van der Waals surface area (Å²) in [5.41, 5.74) is 7.35. The van der Waals surface area contributed by atoms with Crippen LogP contribution < -0.4 is 11.1 Å². The molecule has 4 aromatic rings. The predicted molar refractivity (Wildman–Crippen MR) is 150 cm³/mol. The number of aldehydes is 2. The van der Waals surface area contributed by atoms with E-state index in [4.69, 9.17) is 19.3 Å². The van der Waals surface area contributed by atoms with E-state index in [2.05, 4.69) is 5.32 Å². The van der Waals surface area contributed by atoms with Gasteiger partial charge in [-0.3, -0.25) is 9.59 Å². The molecule has 4 rings (SSSR count). The van der Waals surface area contributed by atoms with Crippen LogP contribution in [0.5, 0.6) is 0 Å². The molecule has 2 aromatic carbocycles. The monoisotopic (exact) mass is 578 g/mol. The number of nitrogens with one attached hydrogen (secondary N) is 1. The molecule has 216 valence electrons. The Morgan fingerprint density at radius 3 is 1.75 bits per heavy atom. The molecule has 2 atom stereocenters. The summed E-state index contributed by atoms with van der Waals surface area (Å²) in [6.45, 7) is 8.94. The minimum Gasteiger partial charge on any atom is -0.453 e. The van der Waals surface area contributed by atoms with E-state index in [-0.39, 0.29) is 41.8 Å². The molecule has 0 aliphatic heterocycles. The van der Waals surface area contributed by atoms with Crippen molar-refractivity contribution in [1.82, 2.24) is 5.32 Å². The van der Waals surface area contributed by atoms with Crippen LogP contribution in [0.4, 0.5) is 13.6 Å². The molecule has 0 radical (unpaired) electrons. The Kier molecular flexibility index (Phi) is 11.0. The Bertz CT molecular complexity index is 1490. The summed E-state index contributed by atoms with van der Waals surface area (Å²) in [4.78, 5) is 33.2. The molecule has 11 heteroatoms. The Morgan fingerprint density at radius 2 is 1.35 bits per heavy atom. The normalized spacial score (nSPS) is 12.6. The molecule has 0 spiro atoms. The number of hydrogen-bond donors (Lipinski definition) is 2. The number of fused-ring (bicyclic) bond motifs is 2. The van der Waals surface area contributed by atoms with Crippen LogP contribution >= 0.6 is 12.4 Å². The second-order valence-corrected chi connectivity index (χ2v) is 10.4. The highest BCUT2D eigenvalue weighted by molar-refractivity contribution is 5.88. The third-order valence-corrected chi connectivity index (χ3v) is 5.42. The lowest BCUT2D eigenvalue weighted by Crippen LogP contribution is -2.38. The van der Waals surface area contributed by atoms with Crippen molar-refractivity contribution >= 4 is 53.0 Å². The number of ether oxygens (including phenoxy) is 1. The lowest BCUT2D eigenvalue weighted by molar-refractivity contribution is 0.0508. The van der Waals surface area contributed by atoms with E-state index in [0.717, 1.165) is 0 Å². The summed E-state index contributed by atoms with van der Waals surface area (Å²) in [5, 5.41) is 3.81. The maximum absolute atomic E-state index is 13.7. The molecule has 0 saturated heterocycles. The fourth-order valence-electron chi connectivity index (χ4n) is 4.07. The molecule has 8 nitrogen and oxygen atoms in total. The van der Waals surface area contributed by atoms with Crippen molar-refractivity contribution in [2.24, 2.45) is 5.73 Å². The molecule has 0 saturated carbocycles. The van der Waals surface area contributed by atoms with Crippen molar-refractivity contribution in [3.8, 4) is 0 Å². The third-order valence-electron chi connectivity index (χ3n) is 5.42. The highest BCUT2D eigenvalue weighted by Crippen LogP contribution is 2.26. The van der Waals surface area contributed by atoms with E-state index in [1.807, 2.05) is 6.92 Å². The molecule has 2 unspecified atom stereocenters. The first-order valence-corrected chi connectivity index (χ1v) is 12.4. The van der Waals surface area contributed by atoms with Crippen molar-refractivity contribution in [3.05, 3.63) is 70.7 Å². The van der Waals surface area contributed by atoms with E-state index >= 15 is 0 Å². The molecule has 3 N–H and O–H groups in total. The summed E-state index contributed by atoms with van der Waals surface area (Å²) < 4.78 is 42.9. The van der Waals surface area contributed by atoms with Gasteiger partial charge in [-0.15, -0.1) is 12.4 Å². The third kappa shape index (κ3) is 8.89. The minimum absolute atomic E-state index is 0. The van der Waals surface area contributed by atoms with Crippen LogP contribution in [0, 0.1) is 11.6 Å². The number of halogens is 3. The fourth-order valence-corrected chi connectivity index (χ4v) is 4.07. The molecule has 0 aliphatic carbocycles. The molecule has 2 heterocycles. The van der Waals surface area contributed by atoms with Gasteiger partial charge in [-0.25, -0.2) is 13.6 Å².